The third-order valence-electron chi connectivity index (χ3n) is 2.55. The summed E-state index contributed by atoms with van der Waals surface area (Å²) in [6.45, 7) is 3.75. The molecule has 18 heavy (non-hydrogen) atoms. The van der Waals surface area contributed by atoms with E-state index >= 15 is 0 Å². The van der Waals surface area contributed by atoms with Crippen LogP contribution in [0.25, 0.3) is 0 Å². The Hall–Kier alpha value is -1.40. The van der Waals surface area contributed by atoms with Gasteiger partial charge < -0.3 is 5.32 Å². The summed E-state index contributed by atoms with van der Waals surface area (Å²) in [5, 5.41) is 5.68. The first-order chi connectivity index (χ1) is 8.47. The highest BCUT2D eigenvalue weighted by molar-refractivity contribution is 7.12. The summed E-state index contributed by atoms with van der Waals surface area (Å²) >= 11 is 1.34. The second kappa shape index (κ2) is 6.51. The monoisotopic (exact) mass is 270 g/mol. The number of hydroxylamine groups is 2. The van der Waals surface area contributed by atoms with Crippen LogP contribution >= 0.6 is 11.3 Å². The van der Waals surface area contributed by atoms with Gasteiger partial charge in [-0.1, -0.05) is 19.9 Å². The highest BCUT2D eigenvalue weighted by atomic mass is 32.1. The third-order valence-corrected chi connectivity index (χ3v) is 3.42. The van der Waals surface area contributed by atoms with E-state index in [1.54, 1.807) is 12.1 Å². The van der Waals surface area contributed by atoms with Crippen molar-refractivity contribution in [3.63, 3.8) is 0 Å². The normalized spacial score (nSPS) is 12.3. The molecule has 100 valence electrons. The van der Waals surface area contributed by atoms with Gasteiger partial charge in [0, 0.05) is 7.05 Å². The summed E-state index contributed by atoms with van der Waals surface area (Å²) in [5.74, 6) is -0.516. The fraction of sp³-hybridized carbons (Fsp3) is 0.500. The number of likely N-dealkylation sites (N-methyl/N-ethyl adjacent to an activating group) is 1. The summed E-state index contributed by atoms with van der Waals surface area (Å²) in [7, 11) is 2.94. The van der Waals surface area contributed by atoms with Crippen LogP contribution in [0, 0.1) is 5.92 Å². The van der Waals surface area contributed by atoms with Crippen molar-refractivity contribution < 1.29 is 14.4 Å². The molecule has 0 bridgehead atoms. The molecule has 0 aliphatic heterocycles. The van der Waals surface area contributed by atoms with Gasteiger partial charge in [-0.15, -0.1) is 11.3 Å². The van der Waals surface area contributed by atoms with Crippen LogP contribution in [-0.2, 0) is 9.63 Å². The number of nitrogens with one attached hydrogen (secondary N) is 1. The molecule has 0 fully saturated rings. The van der Waals surface area contributed by atoms with Crippen LogP contribution in [0.2, 0.25) is 0 Å². The van der Waals surface area contributed by atoms with Gasteiger partial charge in [-0.2, -0.15) is 0 Å². The Kier molecular flexibility index (Phi) is 5.30. The molecule has 0 radical (unpaired) electrons. The number of hydrogen-bond donors (Lipinski definition) is 1. The lowest BCUT2D eigenvalue weighted by atomic mass is 10.0. The molecule has 0 aliphatic carbocycles. The molecule has 6 heteroatoms. The zero-order chi connectivity index (χ0) is 13.7. The van der Waals surface area contributed by atoms with E-state index in [2.05, 4.69) is 5.32 Å². The second-order valence-electron chi connectivity index (χ2n) is 4.19. The van der Waals surface area contributed by atoms with Gasteiger partial charge in [0.15, 0.2) is 0 Å². The number of thiophene rings is 1. The highest BCUT2D eigenvalue weighted by Gasteiger charge is 2.27. The van der Waals surface area contributed by atoms with Crippen molar-refractivity contribution in [1.82, 2.24) is 10.4 Å². The van der Waals surface area contributed by atoms with E-state index in [-0.39, 0.29) is 17.7 Å². The van der Waals surface area contributed by atoms with Crippen LogP contribution in [0.15, 0.2) is 17.5 Å². The molecule has 0 aromatic carbocycles. The van der Waals surface area contributed by atoms with Crippen molar-refractivity contribution in [2.75, 3.05) is 14.2 Å². The predicted octanol–water partition coefficient (Wildman–Crippen LogP) is 1.52. The fourth-order valence-corrected chi connectivity index (χ4v) is 2.05. The van der Waals surface area contributed by atoms with Crippen LogP contribution in [0.5, 0.6) is 0 Å². The van der Waals surface area contributed by atoms with Gasteiger partial charge in [0.1, 0.15) is 6.04 Å². The molecule has 0 unspecified atom stereocenters. The Morgan fingerprint density at radius 2 is 2.11 bits per heavy atom. The molecule has 0 saturated carbocycles. The number of nitrogens with zero attached hydrogens (tertiary/aromatic N) is 1. The number of carbonyl (C=O) groups is 2. The molecule has 1 atom stereocenters. The average molecular weight is 270 g/mol. The standard InChI is InChI=1S/C12H18N2O3S/c1-8(2)10(12(16)14(3)17-4)13-11(15)9-6-5-7-18-9/h5-8,10H,1-4H3,(H,13,15)/t10-/m0/s1. The first kappa shape index (κ1) is 14.7. The van der Waals surface area contributed by atoms with Crippen LogP contribution in [-0.4, -0.2) is 37.1 Å². The molecule has 1 aromatic heterocycles. The fourth-order valence-electron chi connectivity index (χ4n) is 1.42. The molecule has 5 nitrogen and oxygen atoms in total. The minimum atomic E-state index is -0.593. The topological polar surface area (TPSA) is 58.6 Å². The summed E-state index contributed by atoms with van der Waals surface area (Å²) in [5.41, 5.74) is 0. The number of amides is 2. The Balaban J connectivity index is 2.75. The molecule has 0 saturated heterocycles. The minimum Gasteiger partial charge on any atom is -0.339 e. The van der Waals surface area contributed by atoms with Gasteiger partial charge in [-0.3, -0.25) is 14.4 Å². The van der Waals surface area contributed by atoms with Crippen molar-refractivity contribution in [3.8, 4) is 0 Å². The second-order valence-corrected chi connectivity index (χ2v) is 5.14. The third kappa shape index (κ3) is 3.54. The molecular formula is C12H18N2O3S. The number of hydrogen-bond acceptors (Lipinski definition) is 4. The average Bonchev–Trinajstić information content (AvgIpc) is 2.87. The zero-order valence-corrected chi connectivity index (χ0v) is 11.8. The maximum absolute atomic E-state index is 12.0. The molecule has 1 N–H and O–H groups in total. The van der Waals surface area contributed by atoms with E-state index in [0.29, 0.717) is 4.88 Å². The lowest BCUT2D eigenvalue weighted by Crippen LogP contribution is -2.49. The molecular weight excluding hydrogens is 252 g/mol. The molecule has 0 spiro atoms. The Morgan fingerprint density at radius 3 is 2.56 bits per heavy atom. The van der Waals surface area contributed by atoms with E-state index < -0.39 is 6.04 Å². The lowest BCUT2D eigenvalue weighted by molar-refractivity contribution is -0.171. The van der Waals surface area contributed by atoms with Crippen molar-refractivity contribution >= 4 is 23.2 Å². The van der Waals surface area contributed by atoms with E-state index in [9.17, 15) is 9.59 Å². The van der Waals surface area contributed by atoms with E-state index in [4.69, 9.17) is 4.84 Å². The number of carbonyl (C=O) groups excluding carboxylic acids is 2. The van der Waals surface area contributed by atoms with E-state index in [1.807, 2.05) is 19.2 Å². The predicted molar refractivity (Wildman–Crippen MR) is 70.2 cm³/mol. The van der Waals surface area contributed by atoms with E-state index in [1.165, 1.54) is 25.5 Å². The quantitative estimate of drug-likeness (QED) is 0.825. The van der Waals surface area contributed by atoms with Crippen molar-refractivity contribution in [2.24, 2.45) is 5.92 Å². The lowest BCUT2D eigenvalue weighted by Gasteiger charge is -2.25. The molecule has 1 rings (SSSR count). The SMILES string of the molecule is CON(C)C(=O)[C@@H](NC(=O)c1cccs1)C(C)C. The van der Waals surface area contributed by atoms with Crippen LogP contribution in [0.4, 0.5) is 0 Å². The summed E-state index contributed by atoms with van der Waals surface area (Å²) in [4.78, 5) is 29.4. The Morgan fingerprint density at radius 1 is 1.44 bits per heavy atom. The first-order valence-electron chi connectivity index (χ1n) is 5.63. The molecule has 0 aliphatic rings. The highest BCUT2D eigenvalue weighted by Crippen LogP contribution is 2.11. The molecule has 1 heterocycles. The maximum atomic E-state index is 12.0. The van der Waals surface area contributed by atoms with Gasteiger partial charge in [-0.25, -0.2) is 5.06 Å². The van der Waals surface area contributed by atoms with Crippen molar-refractivity contribution in [1.29, 1.82) is 0 Å². The zero-order valence-electron chi connectivity index (χ0n) is 11.0. The smallest absolute Gasteiger partial charge is 0.268 e. The Labute approximate surface area is 111 Å². The van der Waals surface area contributed by atoms with Crippen LogP contribution in [0.1, 0.15) is 23.5 Å². The summed E-state index contributed by atoms with van der Waals surface area (Å²) in [6.07, 6.45) is 0. The van der Waals surface area contributed by atoms with Crippen LogP contribution < -0.4 is 5.32 Å². The Bertz CT molecular complexity index is 403. The summed E-state index contributed by atoms with van der Waals surface area (Å²) < 4.78 is 0. The maximum Gasteiger partial charge on any atom is 0.268 e. The van der Waals surface area contributed by atoms with Gasteiger partial charge in [0.25, 0.3) is 11.8 Å². The van der Waals surface area contributed by atoms with Crippen molar-refractivity contribution in [2.45, 2.75) is 19.9 Å². The first-order valence-corrected chi connectivity index (χ1v) is 6.51. The molecule has 1 aromatic rings. The minimum absolute atomic E-state index is 0.0148. The van der Waals surface area contributed by atoms with Gasteiger partial charge in [0.05, 0.1) is 12.0 Å². The van der Waals surface area contributed by atoms with Crippen molar-refractivity contribution in [3.05, 3.63) is 22.4 Å². The van der Waals surface area contributed by atoms with Gasteiger partial charge in [0.2, 0.25) is 0 Å². The molecule has 2 amide bonds. The largest absolute Gasteiger partial charge is 0.339 e. The summed E-state index contributed by atoms with van der Waals surface area (Å²) in [6, 6.07) is 2.93. The number of rotatable bonds is 5. The van der Waals surface area contributed by atoms with Crippen LogP contribution in [0.3, 0.4) is 0 Å². The van der Waals surface area contributed by atoms with E-state index in [0.717, 1.165) is 5.06 Å². The van der Waals surface area contributed by atoms with Gasteiger partial charge in [-0.05, 0) is 17.4 Å². The van der Waals surface area contributed by atoms with Gasteiger partial charge >= 0.3 is 0 Å².